The van der Waals surface area contributed by atoms with Gasteiger partial charge in [-0.05, 0) is 37.9 Å². The van der Waals surface area contributed by atoms with Crippen molar-refractivity contribution in [2.45, 2.75) is 26.4 Å². The third kappa shape index (κ3) is 3.73. The summed E-state index contributed by atoms with van der Waals surface area (Å²) in [5, 5.41) is 12.5. The largest absolute Gasteiger partial charge is 0.505 e. The van der Waals surface area contributed by atoms with Crippen LogP contribution < -0.4 is 5.32 Å². The van der Waals surface area contributed by atoms with E-state index in [1.807, 2.05) is 12.4 Å². The average molecular weight is 329 g/mol. The summed E-state index contributed by atoms with van der Waals surface area (Å²) in [7, 11) is 0. The molecular weight excluding hydrogens is 306 g/mol. The molecule has 1 atom stereocenters. The molecule has 0 spiro atoms. The van der Waals surface area contributed by atoms with Gasteiger partial charge in [-0.25, -0.2) is 9.97 Å². The number of rotatable bonds is 6. The number of aromatic hydroxyl groups is 1. The first-order valence-corrected chi connectivity index (χ1v) is 8.32. The highest BCUT2D eigenvalue weighted by Gasteiger charge is 2.24. The highest BCUT2D eigenvalue weighted by atomic mass is 16.3. The van der Waals surface area contributed by atoms with Gasteiger partial charge < -0.3 is 15.0 Å². The maximum atomic E-state index is 12.1. The summed E-state index contributed by atoms with van der Waals surface area (Å²) in [6, 6.07) is 3.07. The van der Waals surface area contributed by atoms with Crippen LogP contribution in [0.1, 0.15) is 29.7 Å². The Balaban J connectivity index is 1.48. The molecule has 0 aliphatic carbocycles. The maximum Gasteiger partial charge on any atom is 0.273 e. The van der Waals surface area contributed by atoms with Gasteiger partial charge in [-0.3, -0.25) is 9.69 Å². The van der Waals surface area contributed by atoms with E-state index in [4.69, 9.17) is 0 Å². The van der Waals surface area contributed by atoms with Gasteiger partial charge in [0, 0.05) is 38.2 Å². The minimum atomic E-state index is -0.326. The standard InChI is InChI=1S/C17H23N5O2/c1-2-22-9-7-18-15(22)12-21-8-5-13(11-21)10-20-17(24)16-14(23)4-3-6-19-16/h3-4,6-7,9,13,23H,2,5,8,10-12H2,1H3,(H,20,24). The molecule has 0 radical (unpaired) electrons. The van der Waals surface area contributed by atoms with Crippen molar-refractivity contribution < 1.29 is 9.90 Å². The SMILES string of the molecule is CCn1ccnc1CN1CCC(CNC(=O)c2ncccc2O)C1. The molecule has 1 amide bonds. The van der Waals surface area contributed by atoms with Crippen molar-refractivity contribution in [3.05, 3.63) is 42.2 Å². The fourth-order valence-electron chi connectivity index (χ4n) is 3.10. The molecule has 3 rings (SSSR count). The van der Waals surface area contributed by atoms with Crippen LogP contribution in [-0.4, -0.2) is 50.1 Å². The predicted molar refractivity (Wildman–Crippen MR) is 89.5 cm³/mol. The van der Waals surface area contributed by atoms with E-state index in [-0.39, 0.29) is 17.4 Å². The summed E-state index contributed by atoms with van der Waals surface area (Å²) >= 11 is 0. The molecule has 1 saturated heterocycles. The van der Waals surface area contributed by atoms with Crippen molar-refractivity contribution in [1.29, 1.82) is 0 Å². The smallest absolute Gasteiger partial charge is 0.273 e. The summed E-state index contributed by atoms with van der Waals surface area (Å²) in [6.45, 7) is 6.41. The summed E-state index contributed by atoms with van der Waals surface area (Å²) in [6.07, 6.45) is 6.39. The summed E-state index contributed by atoms with van der Waals surface area (Å²) in [5.41, 5.74) is 0.0809. The Morgan fingerprint density at radius 3 is 3.08 bits per heavy atom. The van der Waals surface area contributed by atoms with E-state index in [1.165, 1.54) is 12.3 Å². The lowest BCUT2D eigenvalue weighted by Gasteiger charge is -2.16. The van der Waals surface area contributed by atoms with Crippen molar-refractivity contribution in [1.82, 2.24) is 24.8 Å². The lowest BCUT2D eigenvalue weighted by Crippen LogP contribution is -2.31. The van der Waals surface area contributed by atoms with Gasteiger partial charge in [0.1, 0.15) is 11.6 Å². The number of likely N-dealkylation sites (tertiary alicyclic amines) is 1. The van der Waals surface area contributed by atoms with Crippen molar-refractivity contribution in [3.8, 4) is 5.75 Å². The molecule has 1 unspecified atom stereocenters. The molecule has 1 aliphatic rings. The topological polar surface area (TPSA) is 83.3 Å². The van der Waals surface area contributed by atoms with Crippen LogP contribution in [-0.2, 0) is 13.1 Å². The Labute approximate surface area is 141 Å². The summed E-state index contributed by atoms with van der Waals surface area (Å²) in [5.74, 6) is 1.08. The normalized spacial score (nSPS) is 18.0. The third-order valence-electron chi connectivity index (χ3n) is 4.43. The lowest BCUT2D eigenvalue weighted by atomic mass is 10.1. The number of aromatic nitrogens is 3. The Morgan fingerprint density at radius 1 is 1.42 bits per heavy atom. The van der Waals surface area contributed by atoms with Crippen LogP contribution in [0.25, 0.3) is 0 Å². The first kappa shape index (κ1) is 16.4. The number of nitrogens with one attached hydrogen (secondary N) is 1. The molecule has 0 aromatic carbocycles. The van der Waals surface area contributed by atoms with Gasteiger partial charge in [0.25, 0.3) is 5.91 Å². The van der Waals surface area contributed by atoms with E-state index in [0.717, 1.165) is 38.4 Å². The highest BCUT2D eigenvalue weighted by molar-refractivity contribution is 5.94. The van der Waals surface area contributed by atoms with Crippen LogP contribution in [0.2, 0.25) is 0 Å². The van der Waals surface area contributed by atoms with Crippen molar-refractivity contribution in [3.63, 3.8) is 0 Å². The van der Waals surface area contributed by atoms with Gasteiger partial charge in [-0.15, -0.1) is 0 Å². The van der Waals surface area contributed by atoms with E-state index in [2.05, 4.69) is 31.7 Å². The zero-order valence-corrected chi connectivity index (χ0v) is 13.9. The van der Waals surface area contributed by atoms with E-state index in [9.17, 15) is 9.90 Å². The van der Waals surface area contributed by atoms with Crippen molar-refractivity contribution in [2.75, 3.05) is 19.6 Å². The number of carbonyl (C=O) groups excluding carboxylic acids is 1. The van der Waals surface area contributed by atoms with Crippen LogP contribution in [0.4, 0.5) is 0 Å². The fraction of sp³-hybridized carbons (Fsp3) is 0.471. The Hall–Kier alpha value is -2.41. The number of hydrogen-bond donors (Lipinski definition) is 2. The second-order valence-corrected chi connectivity index (χ2v) is 6.10. The Morgan fingerprint density at radius 2 is 2.29 bits per heavy atom. The number of hydrogen-bond acceptors (Lipinski definition) is 5. The molecule has 2 aromatic heterocycles. The first-order valence-electron chi connectivity index (χ1n) is 8.32. The average Bonchev–Trinajstić information content (AvgIpc) is 3.22. The lowest BCUT2D eigenvalue weighted by molar-refractivity contribution is 0.0939. The second-order valence-electron chi connectivity index (χ2n) is 6.10. The zero-order valence-electron chi connectivity index (χ0n) is 13.9. The molecule has 2 aromatic rings. The fourth-order valence-corrected chi connectivity index (χ4v) is 3.10. The summed E-state index contributed by atoms with van der Waals surface area (Å²) in [4.78, 5) is 22.8. The third-order valence-corrected chi connectivity index (χ3v) is 4.43. The molecule has 1 fully saturated rings. The van der Waals surface area contributed by atoms with Crippen LogP contribution in [0.3, 0.4) is 0 Å². The van der Waals surface area contributed by atoms with Gasteiger partial charge >= 0.3 is 0 Å². The number of nitrogens with zero attached hydrogens (tertiary/aromatic N) is 4. The van der Waals surface area contributed by atoms with Gasteiger partial charge in [0.2, 0.25) is 0 Å². The van der Waals surface area contributed by atoms with Gasteiger partial charge in [-0.2, -0.15) is 0 Å². The molecule has 7 nitrogen and oxygen atoms in total. The predicted octanol–water partition coefficient (Wildman–Crippen LogP) is 1.26. The number of pyridine rings is 1. The quantitative estimate of drug-likeness (QED) is 0.833. The molecule has 0 saturated carbocycles. The molecule has 3 heterocycles. The molecular formula is C17H23N5O2. The van der Waals surface area contributed by atoms with Crippen LogP contribution >= 0.6 is 0 Å². The van der Waals surface area contributed by atoms with Gasteiger partial charge in [0.05, 0.1) is 6.54 Å². The maximum absolute atomic E-state index is 12.1. The zero-order chi connectivity index (χ0) is 16.9. The van der Waals surface area contributed by atoms with E-state index < -0.39 is 0 Å². The minimum Gasteiger partial charge on any atom is -0.505 e. The number of carbonyl (C=O) groups is 1. The number of imidazole rings is 1. The van der Waals surface area contributed by atoms with Crippen molar-refractivity contribution in [2.24, 2.45) is 5.92 Å². The molecule has 2 N–H and O–H groups in total. The Bertz CT molecular complexity index is 700. The minimum absolute atomic E-state index is 0.0809. The van der Waals surface area contributed by atoms with Crippen LogP contribution in [0.5, 0.6) is 5.75 Å². The monoisotopic (exact) mass is 329 g/mol. The molecule has 0 bridgehead atoms. The van der Waals surface area contributed by atoms with Crippen molar-refractivity contribution >= 4 is 5.91 Å². The summed E-state index contributed by atoms with van der Waals surface area (Å²) < 4.78 is 2.15. The number of amides is 1. The molecule has 128 valence electrons. The van der Waals surface area contributed by atoms with Gasteiger partial charge in [0.15, 0.2) is 5.69 Å². The van der Waals surface area contributed by atoms with E-state index in [1.54, 1.807) is 6.07 Å². The van der Waals surface area contributed by atoms with E-state index in [0.29, 0.717) is 12.5 Å². The molecule has 1 aliphatic heterocycles. The first-order chi connectivity index (χ1) is 11.7. The molecule has 24 heavy (non-hydrogen) atoms. The van der Waals surface area contributed by atoms with Gasteiger partial charge in [-0.1, -0.05) is 0 Å². The van der Waals surface area contributed by atoms with Crippen LogP contribution in [0, 0.1) is 5.92 Å². The highest BCUT2D eigenvalue weighted by Crippen LogP contribution is 2.18. The second kappa shape index (κ2) is 7.44. The molecule has 7 heteroatoms. The van der Waals surface area contributed by atoms with Crippen LogP contribution in [0.15, 0.2) is 30.7 Å². The van der Waals surface area contributed by atoms with E-state index >= 15 is 0 Å². The number of aryl methyl sites for hydroxylation is 1. The Kier molecular flexibility index (Phi) is 5.10.